The molecule has 0 amide bonds. The smallest absolute Gasteiger partial charge is 0.336 e. The molecule has 0 saturated heterocycles. The zero-order valence-corrected chi connectivity index (χ0v) is 13.0. The average molecular weight is 293 g/mol. The van der Waals surface area contributed by atoms with Gasteiger partial charge in [-0.25, -0.2) is 9.59 Å². The van der Waals surface area contributed by atoms with Crippen molar-refractivity contribution in [2.45, 2.75) is 13.3 Å². The topological polar surface area (TPSA) is 88.6 Å². The Bertz CT molecular complexity index is 297. The molecule has 0 spiro atoms. The van der Waals surface area contributed by atoms with Crippen LogP contribution in [-0.2, 0) is 28.9 Å². The van der Waals surface area contributed by atoms with Crippen LogP contribution >= 0.6 is 0 Å². The van der Waals surface area contributed by atoms with Gasteiger partial charge in [0.2, 0.25) is 0 Å². The number of hydrogen-bond acceptors (Lipinski definition) is 9. The molecular formula is C11H23N3O6. The van der Waals surface area contributed by atoms with E-state index in [1.807, 2.05) is 0 Å². The van der Waals surface area contributed by atoms with E-state index in [0.717, 1.165) is 0 Å². The van der Waals surface area contributed by atoms with Gasteiger partial charge in [-0.2, -0.15) is 0 Å². The maximum atomic E-state index is 10.9. The fraction of sp³-hybridized carbons (Fsp3) is 0.727. The quantitative estimate of drug-likeness (QED) is 0.489. The van der Waals surface area contributed by atoms with E-state index in [1.165, 1.54) is 22.1 Å². The van der Waals surface area contributed by atoms with Crippen LogP contribution in [0.3, 0.4) is 0 Å². The molecule has 0 aliphatic carbocycles. The molecule has 118 valence electrons. The molecule has 0 aromatic heterocycles. The van der Waals surface area contributed by atoms with Crippen LogP contribution in [0.5, 0.6) is 0 Å². The molecule has 0 bridgehead atoms. The van der Waals surface area contributed by atoms with Crippen LogP contribution in [0.4, 0.5) is 0 Å². The van der Waals surface area contributed by atoms with Gasteiger partial charge in [-0.1, -0.05) is 0 Å². The Kier molecular flexibility index (Phi) is 11.5. The summed E-state index contributed by atoms with van der Waals surface area (Å²) < 4.78 is 0. The van der Waals surface area contributed by atoms with Crippen LogP contribution < -0.4 is 0 Å². The van der Waals surface area contributed by atoms with Crippen molar-refractivity contribution in [1.82, 2.24) is 15.2 Å². The van der Waals surface area contributed by atoms with E-state index in [4.69, 9.17) is 0 Å². The van der Waals surface area contributed by atoms with Crippen LogP contribution in [0, 0.1) is 0 Å². The Morgan fingerprint density at radius 1 is 0.700 bits per heavy atom. The van der Waals surface area contributed by atoms with Gasteiger partial charge in [0.05, 0.1) is 0 Å². The van der Waals surface area contributed by atoms with Crippen molar-refractivity contribution in [1.29, 1.82) is 0 Å². The van der Waals surface area contributed by atoms with Crippen LogP contribution in [0.1, 0.15) is 13.3 Å². The van der Waals surface area contributed by atoms with Crippen molar-refractivity contribution >= 4 is 17.9 Å². The minimum absolute atomic E-state index is 0.287. The molecule has 0 N–H and O–H groups in total. The summed E-state index contributed by atoms with van der Waals surface area (Å²) in [6.07, 6.45) is -0.393. The maximum absolute atomic E-state index is 10.9. The zero-order chi connectivity index (χ0) is 16.3. The highest BCUT2D eigenvalue weighted by Gasteiger charge is 2.14. The molecule has 0 aliphatic heterocycles. The van der Waals surface area contributed by atoms with E-state index >= 15 is 0 Å². The average Bonchev–Trinajstić information content (AvgIpc) is 2.11. The number of hydrogen-bond donors (Lipinski definition) is 0. The minimum Gasteiger partial charge on any atom is -0.369 e. The van der Waals surface area contributed by atoms with E-state index in [2.05, 4.69) is 14.5 Å². The zero-order valence-electron chi connectivity index (χ0n) is 13.0. The fourth-order valence-corrected chi connectivity index (χ4v) is 0.847. The lowest BCUT2D eigenvalue weighted by molar-refractivity contribution is -0.191. The van der Waals surface area contributed by atoms with E-state index in [1.54, 1.807) is 42.3 Å². The fourth-order valence-electron chi connectivity index (χ4n) is 0.847. The van der Waals surface area contributed by atoms with Gasteiger partial charge in [-0.05, 0) is 0 Å². The van der Waals surface area contributed by atoms with Crippen LogP contribution in [0.25, 0.3) is 0 Å². The lowest BCUT2D eigenvalue weighted by Crippen LogP contribution is -2.24. The van der Waals surface area contributed by atoms with Crippen molar-refractivity contribution in [3.05, 3.63) is 0 Å². The SMILES string of the molecule is CC(=O)ON(C)C.CN(C)OC(=O)CC(=O)ON(C)C. The molecule has 0 rings (SSSR count). The van der Waals surface area contributed by atoms with E-state index in [-0.39, 0.29) is 5.97 Å². The molecule has 0 fully saturated rings. The molecule has 0 unspecified atom stereocenters. The first kappa shape index (κ1) is 20.6. The molecule has 9 nitrogen and oxygen atoms in total. The number of nitrogens with zero attached hydrogens (tertiary/aromatic N) is 3. The highest BCUT2D eigenvalue weighted by Crippen LogP contribution is 1.92. The van der Waals surface area contributed by atoms with Crippen LogP contribution in [0.15, 0.2) is 0 Å². The summed E-state index contributed by atoms with van der Waals surface area (Å²) in [5.74, 6) is -1.57. The third-order valence-corrected chi connectivity index (χ3v) is 1.17. The molecule has 0 heterocycles. The monoisotopic (exact) mass is 293 g/mol. The van der Waals surface area contributed by atoms with E-state index in [9.17, 15) is 14.4 Å². The predicted octanol–water partition coefficient (Wildman–Crippen LogP) is -0.558. The summed E-state index contributed by atoms with van der Waals surface area (Å²) in [7, 11) is 9.51. The van der Waals surface area contributed by atoms with Gasteiger partial charge in [0.25, 0.3) is 0 Å². The standard InChI is InChI=1S/C7H14N2O4.C4H9NO2/c1-8(2)12-6(10)5-7(11)13-9(3)4;1-4(6)7-5(2)3/h5H2,1-4H3;1-3H3. The van der Waals surface area contributed by atoms with Gasteiger partial charge in [-0.15, -0.1) is 15.2 Å². The Morgan fingerprint density at radius 3 is 1.15 bits per heavy atom. The number of hydroxylamine groups is 6. The van der Waals surface area contributed by atoms with Crippen molar-refractivity contribution < 1.29 is 28.9 Å². The maximum Gasteiger partial charge on any atom is 0.336 e. The van der Waals surface area contributed by atoms with Crippen molar-refractivity contribution in [2.75, 3.05) is 42.3 Å². The largest absolute Gasteiger partial charge is 0.369 e. The van der Waals surface area contributed by atoms with E-state index < -0.39 is 18.4 Å². The highest BCUT2D eigenvalue weighted by atomic mass is 16.7. The second-order valence-electron chi connectivity index (χ2n) is 4.12. The lowest BCUT2D eigenvalue weighted by atomic mass is 10.4. The first-order chi connectivity index (χ1) is 9.04. The summed E-state index contributed by atoms with van der Waals surface area (Å²) in [6, 6.07) is 0. The van der Waals surface area contributed by atoms with Crippen LogP contribution in [-0.4, -0.2) is 75.4 Å². The molecule has 0 aromatic carbocycles. The molecule has 9 heteroatoms. The number of carbonyl (C=O) groups is 3. The molecule has 0 radical (unpaired) electrons. The molecule has 20 heavy (non-hydrogen) atoms. The number of rotatable bonds is 5. The highest BCUT2D eigenvalue weighted by molar-refractivity contribution is 5.90. The lowest BCUT2D eigenvalue weighted by Gasteiger charge is -2.11. The Morgan fingerprint density at radius 2 is 1.00 bits per heavy atom. The van der Waals surface area contributed by atoms with Gasteiger partial charge in [0, 0.05) is 49.2 Å². The summed E-state index contributed by atoms with van der Waals surface area (Å²) in [5.41, 5.74) is 0. The summed E-state index contributed by atoms with van der Waals surface area (Å²) in [6.45, 7) is 1.36. The van der Waals surface area contributed by atoms with Gasteiger partial charge < -0.3 is 14.5 Å². The molecule has 0 saturated carbocycles. The van der Waals surface area contributed by atoms with Crippen molar-refractivity contribution in [3.8, 4) is 0 Å². The summed E-state index contributed by atoms with van der Waals surface area (Å²) in [5, 5.41) is 3.78. The summed E-state index contributed by atoms with van der Waals surface area (Å²) >= 11 is 0. The van der Waals surface area contributed by atoms with E-state index in [0.29, 0.717) is 0 Å². The summed E-state index contributed by atoms with van der Waals surface area (Å²) in [4.78, 5) is 45.3. The predicted molar refractivity (Wildman–Crippen MR) is 69.6 cm³/mol. The third-order valence-electron chi connectivity index (χ3n) is 1.17. The molecule has 0 atom stereocenters. The van der Waals surface area contributed by atoms with Gasteiger partial charge in [0.15, 0.2) is 0 Å². The van der Waals surface area contributed by atoms with Crippen LogP contribution in [0.2, 0.25) is 0 Å². The van der Waals surface area contributed by atoms with Gasteiger partial charge >= 0.3 is 17.9 Å². The first-order valence-corrected chi connectivity index (χ1v) is 5.66. The van der Waals surface area contributed by atoms with Gasteiger partial charge in [-0.3, -0.25) is 4.79 Å². The Hall–Kier alpha value is -1.71. The normalized spacial score (nSPS) is 9.90. The first-order valence-electron chi connectivity index (χ1n) is 5.66. The van der Waals surface area contributed by atoms with Crippen molar-refractivity contribution in [3.63, 3.8) is 0 Å². The van der Waals surface area contributed by atoms with Crippen molar-refractivity contribution in [2.24, 2.45) is 0 Å². The molecule has 0 aromatic rings. The second-order valence-corrected chi connectivity index (χ2v) is 4.12. The van der Waals surface area contributed by atoms with Gasteiger partial charge in [0.1, 0.15) is 6.42 Å². The Balaban J connectivity index is 0. The number of carbonyl (C=O) groups excluding carboxylic acids is 3. The molecular weight excluding hydrogens is 270 g/mol. The third kappa shape index (κ3) is 18.6. The molecule has 0 aliphatic rings. The Labute approximate surface area is 118 Å². The second kappa shape index (κ2) is 11.1. The minimum atomic E-state index is -0.642.